The molecule has 0 aliphatic carbocycles. The van der Waals surface area contributed by atoms with Crippen molar-refractivity contribution in [1.82, 2.24) is 4.90 Å². The number of hydrogen-bond donors (Lipinski definition) is 2. The summed E-state index contributed by atoms with van der Waals surface area (Å²) in [4.78, 5) is 2.48. The average Bonchev–Trinajstić information content (AvgIpc) is 2.46. The van der Waals surface area contributed by atoms with Gasteiger partial charge in [-0.2, -0.15) is 0 Å². The summed E-state index contributed by atoms with van der Waals surface area (Å²) in [6.07, 6.45) is 3.37. The van der Waals surface area contributed by atoms with Gasteiger partial charge in [-0.25, -0.2) is 0 Å². The fourth-order valence-electron chi connectivity index (χ4n) is 2.37. The van der Waals surface area contributed by atoms with E-state index in [1.807, 2.05) is 12.1 Å². The minimum Gasteiger partial charge on any atom is -0.491 e. The van der Waals surface area contributed by atoms with Crippen molar-refractivity contribution in [3.8, 4) is 5.75 Å². The number of hydrogen-bond acceptors (Lipinski definition) is 4. The molecule has 0 saturated carbocycles. The van der Waals surface area contributed by atoms with Gasteiger partial charge in [0, 0.05) is 13.1 Å². The molecule has 1 aromatic rings. The maximum atomic E-state index is 9.39. The predicted molar refractivity (Wildman–Crippen MR) is 76.1 cm³/mol. The summed E-state index contributed by atoms with van der Waals surface area (Å²) in [5.41, 5.74) is 6.62. The SMILES string of the molecule is NCC(O)COc1cccc(CN2CCCCC2)c1. The van der Waals surface area contributed by atoms with Crippen LogP contribution in [0.25, 0.3) is 0 Å². The molecule has 1 aliphatic heterocycles. The first-order valence-electron chi connectivity index (χ1n) is 7.10. The van der Waals surface area contributed by atoms with E-state index < -0.39 is 6.10 Å². The Hall–Kier alpha value is -1.10. The largest absolute Gasteiger partial charge is 0.491 e. The standard InChI is InChI=1S/C15H24N2O2/c16-10-14(18)12-19-15-6-4-5-13(9-15)11-17-7-2-1-3-8-17/h4-6,9,14,18H,1-3,7-8,10-12,16H2. The van der Waals surface area contributed by atoms with Crippen LogP contribution in [0.2, 0.25) is 0 Å². The van der Waals surface area contributed by atoms with Crippen LogP contribution in [0.1, 0.15) is 24.8 Å². The molecule has 1 aliphatic rings. The molecule has 1 fully saturated rings. The first kappa shape index (κ1) is 14.3. The fourth-order valence-corrected chi connectivity index (χ4v) is 2.37. The summed E-state index contributed by atoms with van der Waals surface area (Å²) in [6, 6.07) is 8.10. The lowest BCUT2D eigenvalue weighted by molar-refractivity contribution is 0.114. The topological polar surface area (TPSA) is 58.7 Å². The van der Waals surface area contributed by atoms with Crippen molar-refractivity contribution in [3.63, 3.8) is 0 Å². The molecule has 1 saturated heterocycles. The van der Waals surface area contributed by atoms with Crippen molar-refractivity contribution in [1.29, 1.82) is 0 Å². The Labute approximate surface area is 115 Å². The van der Waals surface area contributed by atoms with Gasteiger partial charge >= 0.3 is 0 Å². The lowest BCUT2D eigenvalue weighted by Gasteiger charge is -2.26. The number of piperidine rings is 1. The average molecular weight is 264 g/mol. The van der Waals surface area contributed by atoms with Crippen molar-refractivity contribution in [2.45, 2.75) is 31.9 Å². The van der Waals surface area contributed by atoms with E-state index in [1.54, 1.807) is 0 Å². The van der Waals surface area contributed by atoms with Crippen LogP contribution >= 0.6 is 0 Å². The number of aliphatic hydroxyl groups excluding tert-OH is 1. The molecular formula is C15H24N2O2. The van der Waals surface area contributed by atoms with Gasteiger partial charge in [0.2, 0.25) is 0 Å². The fraction of sp³-hybridized carbons (Fsp3) is 0.600. The smallest absolute Gasteiger partial charge is 0.119 e. The van der Waals surface area contributed by atoms with Gasteiger partial charge < -0.3 is 15.6 Å². The van der Waals surface area contributed by atoms with Gasteiger partial charge in [-0.3, -0.25) is 4.90 Å². The van der Waals surface area contributed by atoms with Gasteiger partial charge in [0.1, 0.15) is 18.5 Å². The van der Waals surface area contributed by atoms with E-state index in [0.717, 1.165) is 12.3 Å². The second-order valence-electron chi connectivity index (χ2n) is 5.18. The van der Waals surface area contributed by atoms with Gasteiger partial charge in [0.05, 0.1) is 0 Å². The molecule has 4 heteroatoms. The summed E-state index contributed by atoms with van der Waals surface area (Å²) >= 11 is 0. The molecular weight excluding hydrogens is 240 g/mol. The Morgan fingerprint density at radius 2 is 2.05 bits per heavy atom. The predicted octanol–water partition coefficient (Wildman–Crippen LogP) is 1.37. The van der Waals surface area contributed by atoms with E-state index in [2.05, 4.69) is 17.0 Å². The van der Waals surface area contributed by atoms with Crippen LogP contribution in [-0.4, -0.2) is 42.4 Å². The number of benzene rings is 1. The van der Waals surface area contributed by atoms with Gasteiger partial charge in [0.15, 0.2) is 0 Å². The molecule has 2 rings (SSSR count). The zero-order chi connectivity index (χ0) is 13.5. The van der Waals surface area contributed by atoms with E-state index in [-0.39, 0.29) is 13.2 Å². The van der Waals surface area contributed by atoms with Crippen LogP contribution in [0.4, 0.5) is 0 Å². The third kappa shape index (κ3) is 4.82. The highest BCUT2D eigenvalue weighted by atomic mass is 16.5. The van der Waals surface area contributed by atoms with E-state index in [0.29, 0.717) is 0 Å². The third-order valence-electron chi connectivity index (χ3n) is 3.47. The summed E-state index contributed by atoms with van der Waals surface area (Å²) < 4.78 is 5.54. The summed E-state index contributed by atoms with van der Waals surface area (Å²) in [7, 11) is 0. The third-order valence-corrected chi connectivity index (χ3v) is 3.47. The van der Waals surface area contributed by atoms with Crippen molar-refractivity contribution >= 4 is 0 Å². The molecule has 1 aromatic carbocycles. The van der Waals surface area contributed by atoms with E-state index in [4.69, 9.17) is 10.5 Å². The summed E-state index contributed by atoms with van der Waals surface area (Å²) in [5.74, 6) is 0.807. The lowest BCUT2D eigenvalue weighted by atomic mass is 10.1. The Balaban J connectivity index is 1.87. The molecule has 1 unspecified atom stereocenters. The van der Waals surface area contributed by atoms with Crippen LogP contribution in [0.5, 0.6) is 5.75 Å². The molecule has 0 aromatic heterocycles. The zero-order valence-electron chi connectivity index (χ0n) is 11.4. The normalized spacial score (nSPS) is 18.2. The number of rotatable bonds is 6. The van der Waals surface area contributed by atoms with Crippen LogP contribution in [0, 0.1) is 0 Å². The first-order valence-corrected chi connectivity index (χ1v) is 7.10. The molecule has 19 heavy (non-hydrogen) atoms. The van der Waals surface area contributed by atoms with E-state index >= 15 is 0 Å². The summed E-state index contributed by atoms with van der Waals surface area (Å²) in [6.45, 7) is 3.85. The Bertz CT molecular complexity index is 378. The highest BCUT2D eigenvalue weighted by molar-refractivity contribution is 5.28. The van der Waals surface area contributed by atoms with Gasteiger partial charge in [-0.1, -0.05) is 18.6 Å². The minimum atomic E-state index is -0.592. The second kappa shape index (κ2) is 7.48. The highest BCUT2D eigenvalue weighted by Gasteiger charge is 2.10. The second-order valence-corrected chi connectivity index (χ2v) is 5.18. The van der Waals surface area contributed by atoms with Crippen LogP contribution in [-0.2, 0) is 6.54 Å². The maximum Gasteiger partial charge on any atom is 0.119 e. The molecule has 3 N–H and O–H groups in total. The number of aliphatic hydroxyl groups is 1. The molecule has 4 nitrogen and oxygen atoms in total. The number of ether oxygens (including phenoxy) is 1. The Morgan fingerprint density at radius 1 is 1.26 bits per heavy atom. The van der Waals surface area contributed by atoms with Crippen molar-refractivity contribution in [2.24, 2.45) is 5.73 Å². The van der Waals surface area contributed by atoms with E-state index in [9.17, 15) is 5.11 Å². The van der Waals surface area contributed by atoms with Crippen molar-refractivity contribution in [2.75, 3.05) is 26.2 Å². The quantitative estimate of drug-likeness (QED) is 0.815. The molecule has 0 spiro atoms. The number of nitrogens with two attached hydrogens (primary N) is 1. The maximum absolute atomic E-state index is 9.39. The van der Waals surface area contributed by atoms with Crippen LogP contribution in [0.3, 0.4) is 0 Å². The monoisotopic (exact) mass is 264 g/mol. The molecule has 0 amide bonds. The van der Waals surface area contributed by atoms with E-state index in [1.165, 1.54) is 37.9 Å². The zero-order valence-corrected chi connectivity index (χ0v) is 11.4. The van der Waals surface area contributed by atoms with Gasteiger partial charge in [0.25, 0.3) is 0 Å². The van der Waals surface area contributed by atoms with Gasteiger partial charge in [-0.15, -0.1) is 0 Å². The molecule has 0 bridgehead atoms. The van der Waals surface area contributed by atoms with Gasteiger partial charge in [-0.05, 0) is 43.6 Å². The van der Waals surface area contributed by atoms with Crippen molar-refractivity contribution in [3.05, 3.63) is 29.8 Å². The summed E-state index contributed by atoms with van der Waals surface area (Å²) in [5, 5.41) is 9.39. The molecule has 106 valence electrons. The highest BCUT2D eigenvalue weighted by Crippen LogP contribution is 2.17. The van der Waals surface area contributed by atoms with Crippen LogP contribution in [0.15, 0.2) is 24.3 Å². The number of nitrogens with zero attached hydrogens (tertiary/aromatic N) is 1. The Kier molecular flexibility index (Phi) is 5.63. The molecule has 1 atom stereocenters. The van der Waals surface area contributed by atoms with Crippen molar-refractivity contribution < 1.29 is 9.84 Å². The number of likely N-dealkylation sites (tertiary alicyclic amines) is 1. The Morgan fingerprint density at radius 3 is 2.79 bits per heavy atom. The first-order chi connectivity index (χ1) is 9.28. The molecule has 1 heterocycles. The van der Waals surface area contributed by atoms with Crippen LogP contribution < -0.4 is 10.5 Å². The minimum absolute atomic E-state index is 0.230. The lowest BCUT2D eigenvalue weighted by Crippen LogP contribution is -2.29. The molecule has 0 radical (unpaired) electrons.